The van der Waals surface area contributed by atoms with Crippen LogP contribution < -0.4 is 0 Å². The van der Waals surface area contributed by atoms with E-state index in [4.69, 9.17) is 5.11 Å². The van der Waals surface area contributed by atoms with Crippen LogP contribution in [0, 0.1) is 0 Å². The van der Waals surface area contributed by atoms with Crippen LogP contribution in [-0.2, 0) is 12.8 Å². The van der Waals surface area contributed by atoms with Crippen molar-refractivity contribution in [3.8, 4) is 0 Å². The topological polar surface area (TPSA) is 46.0 Å². The van der Waals surface area contributed by atoms with Crippen LogP contribution in [0.5, 0.6) is 0 Å². The van der Waals surface area contributed by atoms with Crippen LogP contribution in [0.3, 0.4) is 0 Å². The lowest BCUT2D eigenvalue weighted by molar-refractivity contribution is 0.322. The fraction of sp³-hybridized carbons (Fsp3) is 0.600. The molecule has 2 rings (SSSR count). The summed E-state index contributed by atoms with van der Waals surface area (Å²) in [4.78, 5) is 8.57. The number of aliphatic hydroxyl groups excluding tert-OH is 1. The summed E-state index contributed by atoms with van der Waals surface area (Å²) < 4.78 is 0. The third kappa shape index (κ3) is 2.07. The Morgan fingerprint density at radius 3 is 3.00 bits per heavy atom. The number of nitrogens with zero attached hydrogens (tertiary/aromatic N) is 2. The standard InChI is InChI=1S/C10H14N2OS/c13-5-6-14-10-8-3-1-2-4-9(8)11-7-12-10/h7,13H,1-6H2. The maximum Gasteiger partial charge on any atom is 0.116 e. The average Bonchev–Trinajstić information content (AvgIpc) is 2.26. The Hall–Kier alpha value is -0.610. The molecule has 0 amide bonds. The Labute approximate surface area is 88.0 Å². The van der Waals surface area contributed by atoms with E-state index in [1.807, 2.05) is 0 Å². The van der Waals surface area contributed by atoms with E-state index in [1.165, 1.54) is 24.1 Å². The lowest BCUT2D eigenvalue weighted by Gasteiger charge is -2.16. The Kier molecular flexibility index (Phi) is 3.37. The minimum atomic E-state index is 0.212. The number of fused-ring (bicyclic) bond motifs is 1. The summed E-state index contributed by atoms with van der Waals surface area (Å²) in [6.45, 7) is 0.212. The monoisotopic (exact) mass is 210 g/mol. The van der Waals surface area contributed by atoms with Crippen molar-refractivity contribution in [3.63, 3.8) is 0 Å². The van der Waals surface area contributed by atoms with Gasteiger partial charge < -0.3 is 5.11 Å². The van der Waals surface area contributed by atoms with Gasteiger partial charge in [-0.25, -0.2) is 9.97 Å². The van der Waals surface area contributed by atoms with E-state index in [2.05, 4.69) is 9.97 Å². The van der Waals surface area contributed by atoms with Crippen LogP contribution in [0.1, 0.15) is 24.1 Å². The second-order valence-electron chi connectivity index (χ2n) is 3.38. The van der Waals surface area contributed by atoms with Gasteiger partial charge in [-0.1, -0.05) is 0 Å². The molecule has 0 unspecified atom stereocenters. The number of thioether (sulfide) groups is 1. The first-order valence-electron chi connectivity index (χ1n) is 4.98. The first-order chi connectivity index (χ1) is 6.92. The van der Waals surface area contributed by atoms with E-state index in [1.54, 1.807) is 18.1 Å². The molecule has 0 aromatic carbocycles. The van der Waals surface area contributed by atoms with Gasteiger partial charge in [0.05, 0.1) is 6.61 Å². The highest BCUT2D eigenvalue weighted by molar-refractivity contribution is 7.99. The van der Waals surface area contributed by atoms with Crippen molar-refractivity contribution < 1.29 is 5.11 Å². The molecule has 0 atom stereocenters. The van der Waals surface area contributed by atoms with E-state index in [9.17, 15) is 0 Å². The second-order valence-corrected chi connectivity index (χ2v) is 4.47. The number of aliphatic hydroxyl groups is 1. The van der Waals surface area contributed by atoms with Crippen molar-refractivity contribution >= 4 is 11.8 Å². The van der Waals surface area contributed by atoms with Gasteiger partial charge in [0.1, 0.15) is 11.4 Å². The molecule has 0 saturated heterocycles. The molecule has 0 bridgehead atoms. The zero-order valence-electron chi connectivity index (χ0n) is 8.07. The molecule has 14 heavy (non-hydrogen) atoms. The summed E-state index contributed by atoms with van der Waals surface area (Å²) in [5.41, 5.74) is 2.53. The van der Waals surface area contributed by atoms with Crippen LogP contribution in [0.4, 0.5) is 0 Å². The zero-order chi connectivity index (χ0) is 9.80. The van der Waals surface area contributed by atoms with Crippen LogP contribution >= 0.6 is 11.8 Å². The highest BCUT2D eigenvalue weighted by Gasteiger charge is 2.15. The summed E-state index contributed by atoms with van der Waals surface area (Å²) in [6.07, 6.45) is 6.32. The molecule has 0 radical (unpaired) electrons. The highest BCUT2D eigenvalue weighted by atomic mass is 32.2. The largest absolute Gasteiger partial charge is 0.396 e. The molecule has 0 saturated carbocycles. The lowest BCUT2D eigenvalue weighted by Crippen LogP contribution is -2.08. The van der Waals surface area contributed by atoms with Crippen LogP contribution in [-0.4, -0.2) is 27.4 Å². The molecule has 1 heterocycles. The van der Waals surface area contributed by atoms with Gasteiger partial charge in [0.15, 0.2) is 0 Å². The van der Waals surface area contributed by atoms with E-state index in [0.29, 0.717) is 0 Å². The van der Waals surface area contributed by atoms with E-state index in [0.717, 1.165) is 23.6 Å². The van der Waals surface area contributed by atoms with Crippen molar-refractivity contribution in [3.05, 3.63) is 17.6 Å². The van der Waals surface area contributed by atoms with Gasteiger partial charge in [0.2, 0.25) is 0 Å². The Morgan fingerprint density at radius 2 is 2.14 bits per heavy atom. The van der Waals surface area contributed by atoms with Crippen molar-refractivity contribution in [2.45, 2.75) is 30.7 Å². The molecule has 3 nitrogen and oxygen atoms in total. The van der Waals surface area contributed by atoms with Crippen LogP contribution in [0.25, 0.3) is 0 Å². The van der Waals surface area contributed by atoms with Crippen molar-refractivity contribution in [1.29, 1.82) is 0 Å². The predicted molar refractivity (Wildman–Crippen MR) is 56.5 cm³/mol. The SMILES string of the molecule is OCCSc1ncnc2c1CCCC2. The van der Waals surface area contributed by atoms with Gasteiger partial charge in [-0.3, -0.25) is 0 Å². The van der Waals surface area contributed by atoms with Gasteiger partial charge >= 0.3 is 0 Å². The Morgan fingerprint density at radius 1 is 1.29 bits per heavy atom. The zero-order valence-corrected chi connectivity index (χ0v) is 8.89. The first kappa shape index (κ1) is 9.93. The number of hydrogen-bond donors (Lipinski definition) is 1. The molecular weight excluding hydrogens is 196 g/mol. The number of rotatable bonds is 3. The van der Waals surface area contributed by atoms with Gasteiger partial charge in [-0.05, 0) is 25.7 Å². The number of aromatic nitrogens is 2. The number of aryl methyl sites for hydroxylation is 1. The molecule has 1 aromatic rings. The normalized spacial score (nSPS) is 15.2. The van der Waals surface area contributed by atoms with Crippen LogP contribution in [0.2, 0.25) is 0 Å². The van der Waals surface area contributed by atoms with Gasteiger partial charge in [0, 0.05) is 17.0 Å². The molecule has 1 N–H and O–H groups in total. The summed E-state index contributed by atoms with van der Waals surface area (Å²) in [7, 11) is 0. The maximum atomic E-state index is 8.77. The number of hydrogen-bond acceptors (Lipinski definition) is 4. The lowest BCUT2D eigenvalue weighted by atomic mass is 9.98. The quantitative estimate of drug-likeness (QED) is 0.605. The van der Waals surface area contributed by atoms with Crippen molar-refractivity contribution in [1.82, 2.24) is 9.97 Å². The summed E-state index contributed by atoms with van der Waals surface area (Å²) in [6, 6.07) is 0. The highest BCUT2D eigenvalue weighted by Crippen LogP contribution is 2.27. The maximum absolute atomic E-state index is 8.77. The predicted octanol–water partition coefficient (Wildman–Crippen LogP) is 1.44. The molecule has 76 valence electrons. The first-order valence-corrected chi connectivity index (χ1v) is 5.97. The van der Waals surface area contributed by atoms with Crippen molar-refractivity contribution in [2.24, 2.45) is 0 Å². The van der Waals surface area contributed by atoms with E-state index < -0.39 is 0 Å². The molecule has 4 heteroatoms. The molecule has 1 aliphatic carbocycles. The third-order valence-corrected chi connectivity index (χ3v) is 3.43. The fourth-order valence-corrected chi connectivity index (χ4v) is 2.56. The minimum absolute atomic E-state index is 0.212. The Balaban J connectivity index is 2.21. The summed E-state index contributed by atoms with van der Waals surface area (Å²) in [5, 5.41) is 9.84. The molecule has 1 aliphatic rings. The van der Waals surface area contributed by atoms with Crippen molar-refractivity contribution in [2.75, 3.05) is 12.4 Å². The second kappa shape index (κ2) is 4.75. The van der Waals surface area contributed by atoms with Crippen LogP contribution in [0.15, 0.2) is 11.4 Å². The molecule has 0 spiro atoms. The average molecular weight is 210 g/mol. The molecule has 1 aromatic heterocycles. The molecule has 0 aliphatic heterocycles. The van der Waals surface area contributed by atoms with Gasteiger partial charge in [-0.15, -0.1) is 11.8 Å². The Bertz CT molecular complexity index is 317. The van der Waals surface area contributed by atoms with E-state index >= 15 is 0 Å². The van der Waals surface area contributed by atoms with E-state index in [-0.39, 0.29) is 6.61 Å². The van der Waals surface area contributed by atoms with Gasteiger partial charge in [-0.2, -0.15) is 0 Å². The molecular formula is C10H14N2OS. The third-order valence-electron chi connectivity index (χ3n) is 2.42. The fourth-order valence-electron chi connectivity index (χ4n) is 1.76. The smallest absolute Gasteiger partial charge is 0.116 e. The molecule has 0 fully saturated rings. The minimum Gasteiger partial charge on any atom is -0.396 e. The summed E-state index contributed by atoms with van der Waals surface area (Å²) in [5.74, 6) is 0.726. The summed E-state index contributed by atoms with van der Waals surface area (Å²) >= 11 is 1.63. The van der Waals surface area contributed by atoms with Gasteiger partial charge in [0.25, 0.3) is 0 Å².